The fourth-order valence-electron chi connectivity index (χ4n) is 3.82. The quantitative estimate of drug-likeness (QED) is 0.710. The van der Waals surface area contributed by atoms with Crippen LogP contribution >= 0.6 is 0 Å². The maximum Gasteiger partial charge on any atom is 0.323 e. The third-order valence-electron chi connectivity index (χ3n) is 5.34. The first-order chi connectivity index (χ1) is 14.1. The fourth-order valence-corrected chi connectivity index (χ4v) is 3.82. The standard InChI is InChI=1S/C23H29NO5/c1-4-29-23(26)20-7-5-6-12-24(20)15-17-13-16(8-10-21(17)25)19-14-18(27-2)9-11-22(19)28-3/h8-11,13-14,20,25H,4-7,12,15H2,1-3H3. The van der Waals surface area contributed by atoms with Crippen molar-refractivity contribution in [2.24, 2.45) is 0 Å². The lowest BCUT2D eigenvalue weighted by atomic mass is 9.98. The SMILES string of the molecule is CCOC(=O)C1CCCCN1Cc1cc(-c2cc(OC)ccc2OC)ccc1O. The molecule has 6 heteroatoms. The lowest BCUT2D eigenvalue weighted by molar-refractivity contribution is -0.151. The Hall–Kier alpha value is -2.73. The Bertz CT molecular complexity index is 851. The first kappa shape index (κ1) is 21.0. The Balaban J connectivity index is 1.90. The van der Waals surface area contributed by atoms with Crippen LogP contribution in [0.5, 0.6) is 17.2 Å². The number of esters is 1. The van der Waals surface area contributed by atoms with Crippen LogP contribution in [0.3, 0.4) is 0 Å². The zero-order valence-electron chi connectivity index (χ0n) is 17.3. The maximum absolute atomic E-state index is 12.4. The van der Waals surface area contributed by atoms with E-state index in [1.54, 1.807) is 20.3 Å². The van der Waals surface area contributed by atoms with Crippen LogP contribution in [-0.2, 0) is 16.1 Å². The molecular weight excluding hydrogens is 370 g/mol. The van der Waals surface area contributed by atoms with Gasteiger partial charge >= 0.3 is 5.97 Å². The van der Waals surface area contributed by atoms with Gasteiger partial charge in [-0.15, -0.1) is 0 Å². The third-order valence-corrected chi connectivity index (χ3v) is 5.34. The molecule has 0 aliphatic carbocycles. The molecule has 0 spiro atoms. The topological polar surface area (TPSA) is 68.2 Å². The van der Waals surface area contributed by atoms with Crippen molar-refractivity contribution in [1.29, 1.82) is 0 Å². The number of aromatic hydroxyl groups is 1. The van der Waals surface area contributed by atoms with Crippen LogP contribution in [0.15, 0.2) is 36.4 Å². The van der Waals surface area contributed by atoms with Crippen LogP contribution in [0.1, 0.15) is 31.7 Å². The highest BCUT2D eigenvalue weighted by atomic mass is 16.5. The number of hydrogen-bond acceptors (Lipinski definition) is 6. The number of phenolic OH excluding ortho intramolecular Hbond substituents is 1. The number of rotatable bonds is 7. The van der Waals surface area contributed by atoms with Crippen LogP contribution in [0, 0.1) is 0 Å². The van der Waals surface area contributed by atoms with E-state index in [2.05, 4.69) is 4.90 Å². The zero-order chi connectivity index (χ0) is 20.8. The van der Waals surface area contributed by atoms with Crippen LogP contribution in [0.4, 0.5) is 0 Å². The summed E-state index contributed by atoms with van der Waals surface area (Å²) in [4.78, 5) is 14.5. The van der Waals surface area contributed by atoms with Gasteiger partial charge in [0.2, 0.25) is 0 Å². The monoisotopic (exact) mass is 399 g/mol. The smallest absolute Gasteiger partial charge is 0.323 e. The number of benzene rings is 2. The second-order valence-corrected chi connectivity index (χ2v) is 7.14. The predicted molar refractivity (Wildman–Crippen MR) is 111 cm³/mol. The van der Waals surface area contributed by atoms with Gasteiger partial charge in [-0.25, -0.2) is 0 Å². The van der Waals surface area contributed by atoms with Gasteiger partial charge in [0.1, 0.15) is 23.3 Å². The average molecular weight is 399 g/mol. The summed E-state index contributed by atoms with van der Waals surface area (Å²) >= 11 is 0. The van der Waals surface area contributed by atoms with E-state index in [4.69, 9.17) is 14.2 Å². The molecule has 156 valence electrons. The van der Waals surface area contributed by atoms with Gasteiger partial charge in [0.15, 0.2) is 0 Å². The molecule has 1 aliphatic rings. The molecule has 6 nitrogen and oxygen atoms in total. The highest BCUT2D eigenvalue weighted by Gasteiger charge is 2.30. The van der Waals surface area contributed by atoms with Gasteiger partial charge in [-0.3, -0.25) is 9.69 Å². The molecule has 1 fully saturated rings. The molecule has 0 saturated carbocycles. The number of nitrogens with zero attached hydrogens (tertiary/aromatic N) is 1. The minimum atomic E-state index is -0.266. The van der Waals surface area contributed by atoms with Crippen molar-refractivity contribution >= 4 is 5.97 Å². The molecule has 3 rings (SSSR count). The fraction of sp³-hybridized carbons (Fsp3) is 0.435. The van der Waals surface area contributed by atoms with Gasteiger partial charge in [-0.1, -0.05) is 12.5 Å². The number of phenols is 1. The predicted octanol–water partition coefficient (Wildman–Crippen LogP) is 3.99. The highest BCUT2D eigenvalue weighted by Crippen LogP contribution is 2.36. The summed E-state index contributed by atoms with van der Waals surface area (Å²) in [5, 5.41) is 10.5. The summed E-state index contributed by atoms with van der Waals surface area (Å²) in [7, 11) is 3.25. The summed E-state index contributed by atoms with van der Waals surface area (Å²) in [5.41, 5.74) is 2.57. The van der Waals surface area contributed by atoms with E-state index in [9.17, 15) is 9.90 Å². The van der Waals surface area contributed by atoms with Crippen molar-refractivity contribution in [1.82, 2.24) is 4.90 Å². The van der Waals surface area contributed by atoms with Crippen molar-refractivity contribution in [3.8, 4) is 28.4 Å². The van der Waals surface area contributed by atoms with Gasteiger partial charge < -0.3 is 19.3 Å². The molecular formula is C23H29NO5. The summed E-state index contributed by atoms with van der Waals surface area (Å²) in [6, 6.07) is 10.9. The van der Waals surface area contributed by atoms with E-state index in [0.717, 1.165) is 54.0 Å². The number of likely N-dealkylation sites (tertiary alicyclic amines) is 1. The molecule has 1 heterocycles. The molecule has 1 N–H and O–H groups in total. The summed E-state index contributed by atoms with van der Waals surface area (Å²) in [5.74, 6) is 1.49. The van der Waals surface area contributed by atoms with Crippen LogP contribution in [-0.4, -0.2) is 49.4 Å². The Morgan fingerprint density at radius 2 is 1.97 bits per heavy atom. The number of methoxy groups -OCH3 is 2. The molecule has 1 saturated heterocycles. The van der Waals surface area contributed by atoms with E-state index >= 15 is 0 Å². The molecule has 1 atom stereocenters. The Morgan fingerprint density at radius 1 is 1.14 bits per heavy atom. The minimum absolute atomic E-state index is 0.183. The number of hydrogen-bond donors (Lipinski definition) is 1. The van der Waals surface area contributed by atoms with E-state index in [0.29, 0.717) is 13.2 Å². The summed E-state index contributed by atoms with van der Waals surface area (Å²) in [6.07, 6.45) is 2.82. The number of carbonyl (C=O) groups excluding carboxylic acids is 1. The molecule has 0 bridgehead atoms. The normalized spacial score (nSPS) is 17.0. The van der Waals surface area contributed by atoms with Crippen molar-refractivity contribution in [2.45, 2.75) is 38.8 Å². The Labute approximate surface area is 172 Å². The largest absolute Gasteiger partial charge is 0.508 e. The number of piperidine rings is 1. The van der Waals surface area contributed by atoms with E-state index < -0.39 is 0 Å². The van der Waals surface area contributed by atoms with Crippen LogP contribution < -0.4 is 9.47 Å². The first-order valence-electron chi connectivity index (χ1n) is 10.0. The number of ether oxygens (including phenoxy) is 3. The van der Waals surface area contributed by atoms with Crippen molar-refractivity contribution in [3.63, 3.8) is 0 Å². The lowest BCUT2D eigenvalue weighted by Crippen LogP contribution is -2.44. The van der Waals surface area contributed by atoms with E-state index in [-0.39, 0.29) is 17.8 Å². The van der Waals surface area contributed by atoms with Crippen molar-refractivity contribution in [3.05, 3.63) is 42.0 Å². The van der Waals surface area contributed by atoms with Crippen LogP contribution in [0.2, 0.25) is 0 Å². The lowest BCUT2D eigenvalue weighted by Gasteiger charge is -2.34. The molecule has 0 aromatic heterocycles. The van der Waals surface area contributed by atoms with Crippen molar-refractivity contribution < 1.29 is 24.1 Å². The molecule has 0 amide bonds. The third kappa shape index (κ3) is 4.82. The summed E-state index contributed by atoms with van der Waals surface area (Å²) < 4.78 is 16.1. The van der Waals surface area contributed by atoms with Crippen molar-refractivity contribution in [2.75, 3.05) is 27.4 Å². The Kier molecular flexibility index (Phi) is 6.99. The highest BCUT2D eigenvalue weighted by molar-refractivity contribution is 5.76. The molecule has 1 aliphatic heterocycles. The average Bonchev–Trinajstić information content (AvgIpc) is 2.75. The number of carbonyl (C=O) groups is 1. The molecule has 0 radical (unpaired) electrons. The second kappa shape index (κ2) is 9.65. The zero-order valence-corrected chi connectivity index (χ0v) is 17.3. The van der Waals surface area contributed by atoms with E-state index in [1.165, 1.54) is 0 Å². The Morgan fingerprint density at radius 3 is 2.69 bits per heavy atom. The van der Waals surface area contributed by atoms with Gasteiger partial charge in [0, 0.05) is 17.7 Å². The van der Waals surface area contributed by atoms with Crippen LogP contribution in [0.25, 0.3) is 11.1 Å². The maximum atomic E-state index is 12.4. The molecule has 1 unspecified atom stereocenters. The van der Waals surface area contributed by atoms with E-state index in [1.807, 2.05) is 37.3 Å². The molecule has 29 heavy (non-hydrogen) atoms. The molecule has 2 aromatic rings. The first-order valence-corrected chi connectivity index (χ1v) is 10.0. The van der Waals surface area contributed by atoms with Gasteiger partial charge in [0.25, 0.3) is 0 Å². The summed E-state index contributed by atoms with van der Waals surface area (Å²) in [6.45, 7) is 3.48. The second-order valence-electron chi connectivity index (χ2n) is 7.14. The minimum Gasteiger partial charge on any atom is -0.508 e. The van der Waals surface area contributed by atoms with Gasteiger partial charge in [-0.2, -0.15) is 0 Å². The molecule has 2 aromatic carbocycles. The van der Waals surface area contributed by atoms with Gasteiger partial charge in [0.05, 0.1) is 20.8 Å². The van der Waals surface area contributed by atoms with Gasteiger partial charge in [-0.05, 0) is 62.2 Å².